The van der Waals surface area contributed by atoms with Crippen molar-refractivity contribution in [1.82, 2.24) is 0 Å². The second-order valence-electron chi connectivity index (χ2n) is 8.03. The summed E-state index contributed by atoms with van der Waals surface area (Å²) in [5, 5.41) is 8.64. The fraction of sp³-hybridized carbons (Fsp3) is 0.148. The van der Waals surface area contributed by atoms with Crippen LogP contribution in [0.15, 0.2) is 84.4 Å². The Morgan fingerprint density at radius 3 is 2.31 bits per heavy atom. The summed E-state index contributed by atoms with van der Waals surface area (Å²) < 4.78 is 0. The zero-order valence-electron chi connectivity index (χ0n) is 16.1. The molecule has 0 bridgehead atoms. The number of benzene rings is 4. The van der Waals surface area contributed by atoms with Crippen LogP contribution in [0.5, 0.6) is 0 Å². The van der Waals surface area contributed by atoms with Crippen LogP contribution in [0.4, 0.5) is 5.69 Å². The van der Waals surface area contributed by atoms with Gasteiger partial charge in [-0.05, 0) is 51.6 Å². The first-order valence-electron chi connectivity index (χ1n) is 10.3. The smallest absolute Gasteiger partial charge is 0.163 e. The topological polar surface area (TPSA) is 29.1 Å². The number of Topliss-reactive ketones (excluding diaryl/α,β-unsaturated/α-hetero) is 1. The summed E-state index contributed by atoms with van der Waals surface area (Å²) in [6.45, 7) is 0. The fourth-order valence-corrected chi connectivity index (χ4v) is 5.13. The van der Waals surface area contributed by atoms with Crippen molar-refractivity contribution in [3.63, 3.8) is 0 Å². The highest BCUT2D eigenvalue weighted by molar-refractivity contribution is 6.28. The van der Waals surface area contributed by atoms with Gasteiger partial charge in [0.1, 0.15) is 0 Å². The minimum absolute atomic E-state index is 0.0361. The molecule has 0 saturated heterocycles. The van der Waals surface area contributed by atoms with E-state index in [2.05, 4.69) is 84.2 Å². The molecule has 4 aromatic carbocycles. The Morgan fingerprint density at radius 2 is 1.45 bits per heavy atom. The lowest BCUT2D eigenvalue weighted by Crippen LogP contribution is -2.26. The summed E-state index contributed by atoms with van der Waals surface area (Å²) in [5.41, 5.74) is 5.63. The normalized spacial score (nSPS) is 18.5. The first kappa shape index (κ1) is 16.6. The van der Waals surface area contributed by atoms with Crippen molar-refractivity contribution in [1.29, 1.82) is 0 Å². The van der Waals surface area contributed by atoms with Gasteiger partial charge in [-0.1, -0.05) is 72.8 Å². The van der Waals surface area contributed by atoms with Crippen molar-refractivity contribution < 1.29 is 4.79 Å². The van der Waals surface area contributed by atoms with Gasteiger partial charge in [-0.2, -0.15) is 0 Å². The standard InChI is InChI=1S/C27H21NO/c29-24-14-6-13-22-26(24)25-20-11-4-2-8-18(20)15-16-23(25)28-27(22)21-12-5-9-17-7-1-3-10-19(17)21/h1-5,7-12,15-16,27-28H,6,13-14H2/t27-/m0/s1. The zero-order chi connectivity index (χ0) is 19.4. The van der Waals surface area contributed by atoms with Gasteiger partial charge >= 0.3 is 0 Å². The Bertz CT molecular complexity index is 1330. The summed E-state index contributed by atoms with van der Waals surface area (Å²) in [6.07, 6.45) is 2.54. The number of hydrogen-bond acceptors (Lipinski definition) is 2. The summed E-state index contributed by atoms with van der Waals surface area (Å²) in [7, 11) is 0. The van der Waals surface area contributed by atoms with Gasteiger partial charge < -0.3 is 5.32 Å². The molecule has 0 saturated carbocycles. The van der Waals surface area contributed by atoms with E-state index in [4.69, 9.17) is 0 Å². The maximum Gasteiger partial charge on any atom is 0.163 e. The molecule has 0 aromatic heterocycles. The minimum atomic E-state index is 0.0361. The average molecular weight is 375 g/mol. The molecule has 140 valence electrons. The molecule has 29 heavy (non-hydrogen) atoms. The third kappa shape index (κ3) is 2.45. The van der Waals surface area contributed by atoms with Crippen molar-refractivity contribution in [2.24, 2.45) is 0 Å². The third-order valence-electron chi connectivity index (χ3n) is 6.41. The van der Waals surface area contributed by atoms with Crippen LogP contribution < -0.4 is 5.32 Å². The van der Waals surface area contributed by atoms with Gasteiger partial charge in [-0.3, -0.25) is 4.79 Å². The monoisotopic (exact) mass is 375 g/mol. The summed E-state index contributed by atoms with van der Waals surface area (Å²) >= 11 is 0. The molecule has 0 radical (unpaired) electrons. The van der Waals surface area contributed by atoms with Crippen molar-refractivity contribution in [3.8, 4) is 0 Å². The number of fused-ring (bicyclic) bond motifs is 5. The number of ketones is 1. The van der Waals surface area contributed by atoms with E-state index >= 15 is 0 Å². The van der Waals surface area contributed by atoms with Crippen molar-refractivity contribution >= 4 is 38.6 Å². The summed E-state index contributed by atoms with van der Waals surface area (Å²) in [5.74, 6) is 0.288. The molecule has 1 atom stereocenters. The van der Waals surface area contributed by atoms with E-state index in [0.717, 1.165) is 35.1 Å². The van der Waals surface area contributed by atoms with E-state index in [1.54, 1.807) is 0 Å². The van der Waals surface area contributed by atoms with Gasteiger partial charge in [0.05, 0.1) is 6.04 Å². The van der Waals surface area contributed by atoms with E-state index in [-0.39, 0.29) is 11.8 Å². The summed E-state index contributed by atoms with van der Waals surface area (Å²) in [6, 6.07) is 27.7. The van der Waals surface area contributed by atoms with E-state index in [0.29, 0.717) is 6.42 Å². The van der Waals surface area contributed by atoms with Crippen LogP contribution in [0.3, 0.4) is 0 Å². The number of hydrogen-bond donors (Lipinski definition) is 1. The van der Waals surface area contributed by atoms with E-state index < -0.39 is 0 Å². The fourth-order valence-electron chi connectivity index (χ4n) is 5.13. The molecule has 4 aromatic rings. The van der Waals surface area contributed by atoms with Crippen molar-refractivity contribution in [3.05, 3.63) is 95.6 Å². The average Bonchev–Trinajstić information content (AvgIpc) is 2.78. The molecular formula is C27H21NO. The first-order valence-corrected chi connectivity index (χ1v) is 10.3. The number of carbonyl (C=O) groups is 1. The predicted octanol–water partition coefficient (Wildman–Crippen LogP) is 6.67. The molecule has 6 rings (SSSR count). The predicted molar refractivity (Wildman–Crippen MR) is 120 cm³/mol. The van der Waals surface area contributed by atoms with Gasteiger partial charge in [0.25, 0.3) is 0 Å². The van der Waals surface area contributed by atoms with Crippen LogP contribution in [0.2, 0.25) is 0 Å². The highest BCUT2D eigenvalue weighted by Crippen LogP contribution is 2.48. The van der Waals surface area contributed by atoms with Gasteiger partial charge in [0.2, 0.25) is 0 Å². The zero-order valence-corrected chi connectivity index (χ0v) is 16.1. The maximum atomic E-state index is 13.2. The van der Waals surface area contributed by atoms with Crippen LogP contribution in [0.1, 0.15) is 36.4 Å². The Labute approximate surface area is 169 Å². The lowest BCUT2D eigenvalue weighted by atomic mass is 9.76. The lowest BCUT2D eigenvalue weighted by molar-refractivity contribution is -0.114. The molecule has 0 fully saturated rings. The molecule has 2 aliphatic rings. The first-order chi connectivity index (χ1) is 14.3. The van der Waals surface area contributed by atoms with Crippen LogP contribution in [-0.4, -0.2) is 5.78 Å². The van der Waals surface area contributed by atoms with E-state index in [1.807, 2.05) is 0 Å². The maximum absolute atomic E-state index is 13.2. The Balaban J connectivity index is 1.66. The molecule has 2 heteroatoms. The van der Waals surface area contributed by atoms with E-state index in [1.165, 1.54) is 27.3 Å². The van der Waals surface area contributed by atoms with Crippen LogP contribution >= 0.6 is 0 Å². The lowest BCUT2D eigenvalue weighted by Gasteiger charge is -2.35. The van der Waals surface area contributed by atoms with E-state index in [9.17, 15) is 4.79 Å². The highest BCUT2D eigenvalue weighted by Gasteiger charge is 2.34. The SMILES string of the molecule is O=C1CCCC2=C1c1c(ccc3ccccc13)N[C@H]2c1cccc2ccccc12. The molecule has 1 aliphatic heterocycles. The molecule has 0 unspecified atom stereocenters. The molecule has 0 spiro atoms. The van der Waals surface area contributed by atoms with Crippen LogP contribution in [0.25, 0.3) is 27.1 Å². The molecular weight excluding hydrogens is 354 g/mol. The number of allylic oxidation sites excluding steroid dienone is 1. The quantitative estimate of drug-likeness (QED) is 0.403. The number of anilines is 1. The second-order valence-corrected chi connectivity index (χ2v) is 8.03. The van der Waals surface area contributed by atoms with Gasteiger partial charge in [-0.25, -0.2) is 0 Å². The largest absolute Gasteiger partial charge is 0.374 e. The Hall–Kier alpha value is -3.39. The van der Waals surface area contributed by atoms with Crippen LogP contribution in [0, 0.1) is 0 Å². The van der Waals surface area contributed by atoms with Gasteiger partial charge in [0.15, 0.2) is 5.78 Å². The van der Waals surface area contributed by atoms with Crippen molar-refractivity contribution in [2.75, 3.05) is 5.32 Å². The third-order valence-corrected chi connectivity index (χ3v) is 6.41. The molecule has 1 N–H and O–H groups in total. The molecule has 2 nitrogen and oxygen atoms in total. The Morgan fingerprint density at radius 1 is 0.724 bits per heavy atom. The second kappa shape index (κ2) is 6.31. The molecule has 0 amide bonds. The molecule has 1 aliphatic carbocycles. The summed E-state index contributed by atoms with van der Waals surface area (Å²) in [4.78, 5) is 13.2. The number of carbonyl (C=O) groups excluding carboxylic acids is 1. The van der Waals surface area contributed by atoms with Crippen molar-refractivity contribution in [2.45, 2.75) is 25.3 Å². The van der Waals surface area contributed by atoms with Gasteiger partial charge in [-0.15, -0.1) is 0 Å². The minimum Gasteiger partial charge on any atom is -0.374 e. The number of nitrogens with one attached hydrogen (secondary N) is 1. The van der Waals surface area contributed by atoms with Crippen LogP contribution in [-0.2, 0) is 4.79 Å². The number of rotatable bonds is 1. The Kier molecular flexibility index (Phi) is 3.60. The highest BCUT2D eigenvalue weighted by atomic mass is 16.1. The molecule has 1 heterocycles. The van der Waals surface area contributed by atoms with Gasteiger partial charge in [0, 0.05) is 23.2 Å².